The maximum absolute atomic E-state index is 12.4. The third-order valence-electron chi connectivity index (χ3n) is 7.32. The van der Waals surface area contributed by atoms with Crippen molar-refractivity contribution in [2.24, 2.45) is 0 Å². The van der Waals surface area contributed by atoms with Crippen molar-refractivity contribution < 1.29 is 18.8 Å². The topological polar surface area (TPSA) is 69.7 Å². The highest BCUT2D eigenvalue weighted by molar-refractivity contribution is 6.62. The Morgan fingerprint density at radius 3 is 2.25 bits per heavy atom. The molecule has 1 fully saturated rings. The lowest BCUT2D eigenvalue weighted by Crippen LogP contribution is -2.41. The summed E-state index contributed by atoms with van der Waals surface area (Å²) in [5.41, 5.74) is 5.76. The van der Waals surface area contributed by atoms with Crippen LogP contribution in [0.2, 0.25) is 0 Å². The summed E-state index contributed by atoms with van der Waals surface area (Å²) in [5.74, 6) is 0.0440. The summed E-state index contributed by atoms with van der Waals surface area (Å²) in [6.07, 6.45) is 6.86. The Hall–Kier alpha value is -3.42. The second kappa shape index (κ2) is 9.56. The molecule has 1 N–H and O–H groups in total. The minimum atomic E-state index is -0.463. The Kier molecular flexibility index (Phi) is 6.45. The van der Waals surface area contributed by atoms with Gasteiger partial charge in [0.15, 0.2) is 0 Å². The molecular weight excluding hydrogens is 451 g/mol. The normalized spacial score (nSPS) is 17.7. The summed E-state index contributed by atoms with van der Waals surface area (Å²) in [4.78, 5) is 16.7. The predicted octanol–water partition coefficient (Wildman–Crippen LogP) is 4.93. The zero-order valence-electron chi connectivity index (χ0n) is 21.2. The number of alkyl carbamates (subject to hydrolysis) is 1. The van der Waals surface area contributed by atoms with Gasteiger partial charge < -0.3 is 19.4 Å². The van der Waals surface area contributed by atoms with Crippen molar-refractivity contribution in [3.05, 3.63) is 89.8 Å². The van der Waals surface area contributed by atoms with Gasteiger partial charge >= 0.3 is 13.2 Å². The summed E-state index contributed by atoms with van der Waals surface area (Å²) in [6.45, 7) is 8.75. The molecule has 0 atom stereocenters. The molecule has 0 saturated carbocycles. The third-order valence-corrected chi connectivity index (χ3v) is 7.32. The maximum atomic E-state index is 12.4. The number of ether oxygens (including phenoxy) is 1. The van der Waals surface area contributed by atoms with E-state index < -0.39 is 24.4 Å². The van der Waals surface area contributed by atoms with Crippen molar-refractivity contribution in [3.8, 4) is 11.1 Å². The molecule has 2 heterocycles. The molecule has 6 nitrogen and oxygen atoms in total. The monoisotopic (exact) mass is 482 g/mol. The fourth-order valence-electron chi connectivity index (χ4n) is 4.66. The van der Waals surface area contributed by atoms with E-state index in [0.29, 0.717) is 13.2 Å². The van der Waals surface area contributed by atoms with Crippen LogP contribution in [0.5, 0.6) is 0 Å². The lowest BCUT2D eigenvalue weighted by molar-refractivity contribution is 0.00578. The summed E-state index contributed by atoms with van der Waals surface area (Å²) in [5, 5.41) is 2.80. The molecule has 1 aliphatic carbocycles. The van der Waals surface area contributed by atoms with E-state index in [4.69, 9.17) is 14.0 Å². The number of fused-ring (bicyclic) bond motifs is 3. The van der Waals surface area contributed by atoms with Crippen LogP contribution in [-0.2, 0) is 14.0 Å². The summed E-state index contributed by atoms with van der Waals surface area (Å²) in [6, 6.07) is 18.6. The Labute approximate surface area is 212 Å². The minimum Gasteiger partial charge on any atom is -0.449 e. The lowest BCUT2D eigenvalue weighted by atomic mass is 9.80. The molecule has 0 unspecified atom stereocenters. The zero-order chi connectivity index (χ0) is 25.3. The van der Waals surface area contributed by atoms with Gasteiger partial charge in [-0.05, 0) is 55.5 Å². The maximum Gasteiger partial charge on any atom is 0.496 e. The molecular formula is C29H31BN2O4. The van der Waals surface area contributed by atoms with Gasteiger partial charge in [0.1, 0.15) is 6.61 Å². The molecule has 0 radical (unpaired) electrons. The van der Waals surface area contributed by atoms with Crippen LogP contribution in [-0.4, -0.2) is 42.5 Å². The van der Waals surface area contributed by atoms with Gasteiger partial charge in [0.25, 0.3) is 0 Å². The lowest BCUT2D eigenvalue weighted by Gasteiger charge is -2.32. The van der Waals surface area contributed by atoms with E-state index in [1.165, 1.54) is 22.3 Å². The molecule has 1 aliphatic heterocycles. The highest BCUT2D eigenvalue weighted by Gasteiger charge is 2.51. The summed E-state index contributed by atoms with van der Waals surface area (Å²) >= 11 is 0. The Morgan fingerprint density at radius 1 is 1.00 bits per heavy atom. The molecule has 36 heavy (non-hydrogen) atoms. The number of rotatable bonds is 6. The van der Waals surface area contributed by atoms with E-state index in [2.05, 4.69) is 34.6 Å². The number of hydrogen-bond donors (Lipinski definition) is 1. The Morgan fingerprint density at radius 2 is 1.61 bits per heavy atom. The first-order chi connectivity index (χ1) is 17.2. The van der Waals surface area contributed by atoms with E-state index in [9.17, 15) is 4.79 Å². The number of carbonyl (C=O) groups is 1. The second-order valence-electron chi connectivity index (χ2n) is 10.2. The van der Waals surface area contributed by atoms with Gasteiger partial charge in [-0.3, -0.25) is 4.98 Å². The molecule has 3 aromatic rings. The molecule has 2 aliphatic rings. The molecule has 0 spiro atoms. The van der Waals surface area contributed by atoms with E-state index in [1.807, 2.05) is 70.2 Å². The summed E-state index contributed by atoms with van der Waals surface area (Å²) in [7, 11) is -0.463. The minimum absolute atomic E-state index is 0.0440. The number of hydrogen-bond acceptors (Lipinski definition) is 5. The van der Waals surface area contributed by atoms with Crippen molar-refractivity contribution in [1.29, 1.82) is 0 Å². The molecule has 5 rings (SSSR count). The molecule has 184 valence electrons. The zero-order valence-corrected chi connectivity index (χ0v) is 21.2. The van der Waals surface area contributed by atoms with Crippen LogP contribution in [0, 0.1) is 0 Å². The van der Waals surface area contributed by atoms with Crippen molar-refractivity contribution >= 4 is 24.8 Å². The van der Waals surface area contributed by atoms with Gasteiger partial charge in [-0.15, -0.1) is 0 Å². The molecule has 1 amide bonds. The van der Waals surface area contributed by atoms with Crippen LogP contribution >= 0.6 is 0 Å². The van der Waals surface area contributed by atoms with Crippen molar-refractivity contribution in [3.63, 3.8) is 0 Å². The van der Waals surface area contributed by atoms with Crippen LogP contribution in [0.3, 0.4) is 0 Å². The van der Waals surface area contributed by atoms with E-state index in [0.717, 1.165) is 11.0 Å². The van der Waals surface area contributed by atoms with Crippen LogP contribution in [0.1, 0.15) is 50.3 Å². The smallest absolute Gasteiger partial charge is 0.449 e. The van der Waals surface area contributed by atoms with Gasteiger partial charge in [0, 0.05) is 30.3 Å². The highest BCUT2D eigenvalue weighted by Crippen LogP contribution is 2.44. The first-order valence-electron chi connectivity index (χ1n) is 12.3. The quantitative estimate of drug-likeness (QED) is 0.505. The molecule has 1 saturated heterocycles. The van der Waals surface area contributed by atoms with Gasteiger partial charge in [-0.2, -0.15) is 0 Å². The average Bonchev–Trinajstić information content (AvgIpc) is 3.30. The van der Waals surface area contributed by atoms with E-state index in [-0.39, 0.29) is 5.92 Å². The van der Waals surface area contributed by atoms with Crippen LogP contribution in [0.15, 0.2) is 73.1 Å². The van der Waals surface area contributed by atoms with E-state index >= 15 is 0 Å². The van der Waals surface area contributed by atoms with Crippen molar-refractivity contribution in [2.75, 3.05) is 13.2 Å². The molecule has 0 bridgehead atoms. The Bertz CT molecular complexity index is 1240. The fraction of sp³-hybridized carbons (Fsp3) is 0.310. The predicted molar refractivity (Wildman–Crippen MR) is 142 cm³/mol. The van der Waals surface area contributed by atoms with E-state index in [1.54, 1.807) is 12.4 Å². The number of amides is 1. The second-order valence-corrected chi connectivity index (χ2v) is 10.2. The number of nitrogens with zero attached hydrogens (tertiary/aromatic N) is 1. The van der Waals surface area contributed by atoms with Gasteiger partial charge in [-0.25, -0.2) is 4.79 Å². The summed E-state index contributed by atoms with van der Waals surface area (Å²) < 4.78 is 17.8. The van der Waals surface area contributed by atoms with Crippen molar-refractivity contribution in [1.82, 2.24) is 10.3 Å². The number of aromatic nitrogens is 1. The van der Waals surface area contributed by atoms with Crippen molar-refractivity contribution in [2.45, 2.75) is 44.8 Å². The van der Waals surface area contributed by atoms with Crippen LogP contribution in [0.4, 0.5) is 4.79 Å². The molecule has 7 heteroatoms. The number of benzene rings is 2. The molecule has 1 aromatic heterocycles. The largest absolute Gasteiger partial charge is 0.496 e. The first kappa shape index (κ1) is 24.3. The third kappa shape index (κ3) is 4.69. The molecule has 2 aromatic carbocycles. The van der Waals surface area contributed by atoms with Gasteiger partial charge in [0.05, 0.1) is 11.2 Å². The average molecular weight is 482 g/mol. The van der Waals surface area contributed by atoms with Gasteiger partial charge in [-0.1, -0.05) is 66.7 Å². The fourth-order valence-corrected chi connectivity index (χ4v) is 4.66. The number of nitrogens with one attached hydrogen (secondary N) is 1. The van der Waals surface area contributed by atoms with Gasteiger partial charge in [0.2, 0.25) is 0 Å². The SMILES string of the molecule is CC1(C)OB(c2cncc(C=CCNC(=O)OCC3c4ccccc4-c4ccccc43)c2)OC1(C)C. The van der Waals surface area contributed by atoms with Crippen LogP contribution < -0.4 is 10.8 Å². The first-order valence-corrected chi connectivity index (χ1v) is 12.3. The highest BCUT2D eigenvalue weighted by atomic mass is 16.7. The number of carbonyl (C=O) groups excluding carboxylic acids is 1. The Balaban J connectivity index is 1.14. The standard InChI is InChI=1S/C29H31BN2O4/c1-28(2)29(3,4)36-30(35-28)21-16-20(17-31-18-21)10-9-15-32-27(33)34-19-26-24-13-7-5-11-22(24)23-12-6-8-14-25(23)26/h5-14,16-18,26H,15,19H2,1-4H3,(H,32,33). The van der Waals surface area contributed by atoms with Crippen LogP contribution in [0.25, 0.3) is 17.2 Å². The number of pyridine rings is 1.